The number of amides is 3. The lowest BCUT2D eigenvalue weighted by Crippen LogP contribution is -2.29. The third-order valence-corrected chi connectivity index (χ3v) is 5.95. The van der Waals surface area contributed by atoms with Gasteiger partial charge in [-0.2, -0.15) is 0 Å². The lowest BCUT2D eigenvalue weighted by Gasteiger charge is -2.17. The fourth-order valence-corrected chi connectivity index (χ4v) is 4.11. The van der Waals surface area contributed by atoms with Gasteiger partial charge in [-0.05, 0) is 54.1 Å². The number of hydrogen-bond acceptors (Lipinski definition) is 5. The van der Waals surface area contributed by atoms with Crippen LogP contribution >= 0.6 is 0 Å². The highest BCUT2D eigenvalue weighted by Crippen LogP contribution is 2.32. The van der Waals surface area contributed by atoms with Gasteiger partial charge in [-0.25, -0.2) is 4.39 Å². The maximum Gasteiger partial charge on any atom is 0.253 e. The van der Waals surface area contributed by atoms with Crippen molar-refractivity contribution in [3.8, 4) is 11.5 Å². The molecule has 0 aromatic heterocycles. The molecule has 35 heavy (non-hydrogen) atoms. The Morgan fingerprint density at radius 2 is 1.77 bits per heavy atom. The van der Waals surface area contributed by atoms with E-state index in [1.165, 1.54) is 29.2 Å². The molecule has 3 aromatic rings. The molecule has 2 aliphatic rings. The molecule has 0 spiro atoms. The molecule has 3 amide bonds. The molecule has 2 aliphatic heterocycles. The SMILES string of the molecule is O=C(NCc1ccc2c(c1)OCO2)c1ccccc1NC(=O)[C@H]1CC(=O)N(c2ccc(F)cc2)C1. The van der Waals surface area contributed by atoms with Crippen LogP contribution in [0.25, 0.3) is 0 Å². The van der Waals surface area contributed by atoms with E-state index < -0.39 is 11.7 Å². The van der Waals surface area contributed by atoms with Crippen molar-refractivity contribution in [1.82, 2.24) is 5.32 Å². The molecule has 9 heteroatoms. The number of para-hydroxylation sites is 1. The van der Waals surface area contributed by atoms with Crippen LogP contribution in [0.5, 0.6) is 11.5 Å². The molecule has 8 nitrogen and oxygen atoms in total. The maximum absolute atomic E-state index is 13.2. The predicted octanol–water partition coefficient (Wildman–Crippen LogP) is 3.48. The molecule has 5 rings (SSSR count). The Labute approximate surface area is 200 Å². The molecule has 178 valence electrons. The van der Waals surface area contributed by atoms with Gasteiger partial charge in [0.05, 0.1) is 17.2 Å². The fraction of sp³-hybridized carbons (Fsp3) is 0.192. The van der Waals surface area contributed by atoms with Crippen LogP contribution in [0.1, 0.15) is 22.3 Å². The zero-order valence-corrected chi connectivity index (χ0v) is 18.6. The Bertz CT molecular complexity index is 1290. The molecule has 2 heterocycles. The molecule has 0 unspecified atom stereocenters. The van der Waals surface area contributed by atoms with Gasteiger partial charge >= 0.3 is 0 Å². The van der Waals surface area contributed by atoms with E-state index in [1.54, 1.807) is 36.4 Å². The van der Waals surface area contributed by atoms with Crippen LogP contribution in [0.15, 0.2) is 66.7 Å². The number of ether oxygens (including phenoxy) is 2. The van der Waals surface area contributed by atoms with Crippen LogP contribution in [0.3, 0.4) is 0 Å². The van der Waals surface area contributed by atoms with Crippen molar-refractivity contribution in [2.75, 3.05) is 23.6 Å². The van der Waals surface area contributed by atoms with Gasteiger partial charge in [0.25, 0.3) is 5.91 Å². The third kappa shape index (κ3) is 4.79. The lowest BCUT2D eigenvalue weighted by atomic mass is 10.1. The summed E-state index contributed by atoms with van der Waals surface area (Å²) < 4.78 is 23.9. The van der Waals surface area contributed by atoms with Crippen LogP contribution < -0.4 is 25.0 Å². The Morgan fingerprint density at radius 3 is 2.60 bits per heavy atom. The molecule has 0 saturated carbocycles. The lowest BCUT2D eigenvalue weighted by molar-refractivity contribution is -0.122. The van der Waals surface area contributed by atoms with E-state index in [-0.39, 0.29) is 44.0 Å². The zero-order valence-electron chi connectivity index (χ0n) is 18.6. The van der Waals surface area contributed by atoms with Gasteiger partial charge in [0.1, 0.15) is 5.82 Å². The molecular weight excluding hydrogens is 453 g/mol. The average molecular weight is 475 g/mol. The number of benzene rings is 3. The quantitative estimate of drug-likeness (QED) is 0.569. The van der Waals surface area contributed by atoms with Crippen LogP contribution in [-0.2, 0) is 16.1 Å². The first-order chi connectivity index (χ1) is 17.0. The van der Waals surface area contributed by atoms with Crippen LogP contribution in [0, 0.1) is 11.7 Å². The van der Waals surface area contributed by atoms with Gasteiger partial charge in [0, 0.05) is 25.2 Å². The van der Waals surface area contributed by atoms with E-state index in [9.17, 15) is 18.8 Å². The smallest absolute Gasteiger partial charge is 0.253 e. The van der Waals surface area contributed by atoms with Crippen molar-refractivity contribution in [3.63, 3.8) is 0 Å². The van der Waals surface area contributed by atoms with Crippen molar-refractivity contribution in [1.29, 1.82) is 0 Å². The average Bonchev–Trinajstić information content (AvgIpc) is 3.49. The fourth-order valence-electron chi connectivity index (χ4n) is 4.11. The zero-order chi connectivity index (χ0) is 24.4. The van der Waals surface area contributed by atoms with E-state index in [2.05, 4.69) is 10.6 Å². The molecule has 1 atom stereocenters. The summed E-state index contributed by atoms with van der Waals surface area (Å²) in [5.74, 6) is -0.637. The number of carbonyl (C=O) groups excluding carboxylic acids is 3. The van der Waals surface area contributed by atoms with E-state index in [0.717, 1.165) is 5.56 Å². The highest BCUT2D eigenvalue weighted by atomic mass is 19.1. The van der Waals surface area contributed by atoms with Crippen LogP contribution in [0.4, 0.5) is 15.8 Å². The summed E-state index contributed by atoms with van der Waals surface area (Å²) >= 11 is 0. The number of hydrogen-bond donors (Lipinski definition) is 2. The van der Waals surface area contributed by atoms with Gasteiger partial charge in [0.15, 0.2) is 11.5 Å². The number of nitrogens with zero attached hydrogens (tertiary/aromatic N) is 1. The largest absolute Gasteiger partial charge is 0.454 e. The van der Waals surface area contributed by atoms with Crippen molar-refractivity contribution >= 4 is 29.1 Å². The minimum absolute atomic E-state index is 0.0295. The summed E-state index contributed by atoms with van der Waals surface area (Å²) in [6, 6.07) is 17.7. The number of fused-ring (bicyclic) bond motifs is 1. The third-order valence-electron chi connectivity index (χ3n) is 5.95. The molecule has 1 saturated heterocycles. The van der Waals surface area contributed by atoms with E-state index in [0.29, 0.717) is 28.4 Å². The van der Waals surface area contributed by atoms with E-state index in [4.69, 9.17) is 9.47 Å². The molecule has 0 radical (unpaired) electrons. The second-order valence-corrected chi connectivity index (χ2v) is 8.29. The number of rotatable bonds is 6. The minimum Gasteiger partial charge on any atom is -0.454 e. The van der Waals surface area contributed by atoms with E-state index >= 15 is 0 Å². The number of nitrogens with one attached hydrogen (secondary N) is 2. The number of anilines is 2. The first-order valence-electron chi connectivity index (χ1n) is 11.1. The first kappa shape index (κ1) is 22.4. The first-order valence-corrected chi connectivity index (χ1v) is 11.1. The van der Waals surface area contributed by atoms with Crippen molar-refractivity contribution in [3.05, 3.63) is 83.7 Å². The second-order valence-electron chi connectivity index (χ2n) is 8.29. The van der Waals surface area contributed by atoms with Crippen molar-refractivity contribution in [2.24, 2.45) is 5.92 Å². The summed E-state index contributed by atoms with van der Waals surface area (Å²) in [5.41, 5.74) is 2.04. The van der Waals surface area contributed by atoms with Crippen molar-refractivity contribution < 1.29 is 28.2 Å². The van der Waals surface area contributed by atoms with Gasteiger partial charge in [0.2, 0.25) is 18.6 Å². The molecule has 1 fully saturated rings. The molecule has 3 aromatic carbocycles. The Morgan fingerprint density at radius 1 is 1.00 bits per heavy atom. The van der Waals surface area contributed by atoms with Gasteiger partial charge in [-0.3, -0.25) is 14.4 Å². The molecule has 0 aliphatic carbocycles. The Balaban J connectivity index is 1.23. The standard InChI is InChI=1S/C26H22FN3O5/c27-18-6-8-19(9-7-18)30-14-17(12-24(30)31)25(32)29-21-4-2-1-3-20(21)26(33)28-13-16-5-10-22-23(11-16)35-15-34-22/h1-11,17H,12-15H2,(H,28,33)(H,29,32)/t17-/m0/s1. The second kappa shape index (κ2) is 9.46. The number of halogens is 1. The van der Waals surface area contributed by atoms with Crippen LogP contribution in [0.2, 0.25) is 0 Å². The highest BCUT2D eigenvalue weighted by Gasteiger charge is 2.35. The predicted molar refractivity (Wildman–Crippen MR) is 126 cm³/mol. The van der Waals surface area contributed by atoms with Crippen LogP contribution in [-0.4, -0.2) is 31.1 Å². The van der Waals surface area contributed by atoms with Gasteiger partial charge in [-0.15, -0.1) is 0 Å². The summed E-state index contributed by atoms with van der Waals surface area (Å²) in [7, 11) is 0. The Hall–Kier alpha value is -4.40. The molecule has 0 bridgehead atoms. The van der Waals surface area contributed by atoms with E-state index in [1.807, 2.05) is 6.07 Å². The van der Waals surface area contributed by atoms with Gasteiger partial charge in [-0.1, -0.05) is 18.2 Å². The monoisotopic (exact) mass is 475 g/mol. The Kier molecular flexibility index (Phi) is 6.05. The maximum atomic E-state index is 13.2. The summed E-state index contributed by atoms with van der Waals surface area (Å²) in [6.07, 6.45) is 0.0295. The van der Waals surface area contributed by atoms with Crippen molar-refractivity contribution in [2.45, 2.75) is 13.0 Å². The summed E-state index contributed by atoms with van der Waals surface area (Å²) in [6.45, 7) is 0.614. The topological polar surface area (TPSA) is 97.0 Å². The highest BCUT2D eigenvalue weighted by molar-refractivity contribution is 6.07. The minimum atomic E-state index is -0.600. The molecule has 2 N–H and O–H groups in total. The summed E-state index contributed by atoms with van der Waals surface area (Å²) in [5, 5.41) is 5.64. The normalized spacial score (nSPS) is 16.3. The number of carbonyl (C=O) groups is 3. The molecular formula is C26H22FN3O5. The van der Waals surface area contributed by atoms with Gasteiger partial charge < -0.3 is 25.0 Å². The summed E-state index contributed by atoms with van der Waals surface area (Å²) in [4.78, 5) is 39.8.